The molecule has 0 aliphatic heterocycles. The van der Waals surface area contributed by atoms with Gasteiger partial charge in [-0.3, -0.25) is 24.7 Å². The molecule has 80 heavy (non-hydrogen) atoms. The van der Waals surface area contributed by atoms with Gasteiger partial charge in [-0.1, -0.05) is 24.3 Å². The number of hydrogen-bond acceptors (Lipinski definition) is 10. The Kier molecular flexibility index (Phi) is 21.8. The van der Waals surface area contributed by atoms with E-state index < -0.39 is 23.4 Å². The van der Waals surface area contributed by atoms with E-state index in [4.69, 9.17) is 9.72 Å². The maximum atomic E-state index is 13.1. The molecule has 1 amide bonds. The number of H-pyrrole nitrogens is 1. The van der Waals surface area contributed by atoms with Crippen molar-refractivity contribution in [2.45, 2.75) is 6.92 Å². The number of aromatic nitrogens is 8. The monoisotopic (exact) mass is 1310 g/mol. The van der Waals surface area contributed by atoms with Gasteiger partial charge in [-0.05, 0) is 97.9 Å². The largest absolute Gasteiger partial charge is 2.00 e. The fraction of sp³-hybridized carbons (Fsp3) is 0.0455. The quantitative estimate of drug-likeness (QED) is 0.0623. The number of aromatic amines is 1. The van der Waals surface area contributed by atoms with Gasteiger partial charge < -0.3 is 21.0 Å². The average molecular weight is 1310 g/mol. The number of carbonyl (C=O) groups is 2. The molecule has 0 spiro atoms. The Balaban J connectivity index is 0.000000589. The van der Waals surface area contributed by atoms with E-state index in [1.807, 2.05) is 97.2 Å². The molecule has 36 heteroatoms. The number of hydrogen-bond donors (Lipinski definition) is 1. The molecule has 0 aliphatic carbocycles. The molecule has 8 rings (SSSR count). The van der Waals surface area contributed by atoms with Crippen LogP contribution in [0.25, 0.3) is 56.9 Å². The molecule has 0 radical (unpaired) electrons. The van der Waals surface area contributed by atoms with E-state index in [9.17, 15) is 85.1 Å². The number of nitrogens with zero attached hydrogens (tertiary/aromatic N) is 7. The maximum Gasteiger partial charge on any atom is 2.00 e. The van der Waals surface area contributed by atoms with Crippen molar-refractivity contribution in [3.05, 3.63) is 176 Å². The standard InChI is InChI=1S/C26H18N6O.C18H15N3O2.3F6P.2H2O.Ru/c33-26(18-10-14-30-23(15-18)20-7-1-4-11-27-20)31-19-16-24(21-8-2-5-12-28-21)32-25(17-19)22-9-3-6-13-29-22;1-2-23-18(22)13-11-16(14-7-3-5-9-19-14)21-17(12-13)15-8-4-6-10-20-15;3*1-7(2,3,4,5)6;;;/h1-17H,(H,31,32,33);3-12H,2H2,1H3;;;;2*1H2;/q;;3*-1;;;+2/p+1. The Morgan fingerprint density at radius 1 is 0.438 bits per heavy atom. The van der Waals surface area contributed by atoms with Crippen LogP contribution in [0.4, 0.5) is 81.2 Å². The number of esters is 1. The Morgan fingerprint density at radius 3 is 1.07 bits per heavy atom. The molecule has 0 aromatic carbocycles. The average Bonchev–Trinajstić information content (AvgIpc) is 3.32. The van der Waals surface area contributed by atoms with Crippen molar-refractivity contribution in [2.75, 3.05) is 11.9 Å². The number of amides is 1. The van der Waals surface area contributed by atoms with Crippen LogP contribution in [-0.4, -0.2) is 64.3 Å². The van der Waals surface area contributed by atoms with Crippen molar-refractivity contribution in [3.63, 3.8) is 0 Å². The first-order valence-electron chi connectivity index (χ1n) is 20.7. The summed E-state index contributed by atoms with van der Waals surface area (Å²) in [5, 5.41) is 2.98. The van der Waals surface area contributed by atoms with Crippen LogP contribution in [0.15, 0.2) is 165 Å². The van der Waals surface area contributed by atoms with Gasteiger partial charge in [-0.15, -0.1) is 0 Å². The second-order valence-electron chi connectivity index (χ2n) is 14.9. The molecule has 14 nitrogen and oxygen atoms in total. The molecule has 8 heterocycles. The number of pyridine rings is 8. The van der Waals surface area contributed by atoms with Crippen LogP contribution in [0.1, 0.15) is 27.6 Å². The van der Waals surface area contributed by atoms with Gasteiger partial charge in [-0.25, -0.2) is 24.7 Å². The van der Waals surface area contributed by atoms with Crippen molar-refractivity contribution in [1.29, 1.82) is 0 Å². The predicted molar refractivity (Wildman–Crippen MR) is 259 cm³/mol. The predicted octanol–water partition coefficient (Wildman–Crippen LogP) is 16.2. The third-order valence-electron chi connectivity index (χ3n) is 8.14. The van der Waals surface area contributed by atoms with Crippen LogP contribution in [0.3, 0.4) is 0 Å². The second kappa shape index (κ2) is 24.6. The van der Waals surface area contributed by atoms with Gasteiger partial charge >= 0.3 is 124 Å². The van der Waals surface area contributed by atoms with E-state index in [-0.39, 0.29) is 42.3 Å². The number of halogens is 18. The zero-order valence-electron chi connectivity index (χ0n) is 39.6. The molecular formula is C44H38F18N9O5P3Ru. The minimum atomic E-state index is -10.7. The molecule has 0 unspecified atom stereocenters. The Morgan fingerprint density at radius 2 is 0.762 bits per heavy atom. The maximum absolute atomic E-state index is 13.1. The zero-order chi connectivity index (χ0) is 57.8. The van der Waals surface area contributed by atoms with Crippen molar-refractivity contribution >= 4 is 41.0 Å². The molecular weight excluding hydrogens is 1270 g/mol. The third-order valence-corrected chi connectivity index (χ3v) is 8.14. The van der Waals surface area contributed by atoms with E-state index in [0.29, 0.717) is 74.7 Å². The summed E-state index contributed by atoms with van der Waals surface area (Å²) in [6, 6.07) is 38.5. The van der Waals surface area contributed by atoms with E-state index in [1.165, 1.54) is 0 Å². The van der Waals surface area contributed by atoms with E-state index >= 15 is 0 Å². The van der Waals surface area contributed by atoms with Crippen molar-refractivity contribution in [2.24, 2.45) is 0 Å². The fourth-order valence-electron chi connectivity index (χ4n) is 5.52. The molecule has 0 atom stereocenters. The van der Waals surface area contributed by atoms with Gasteiger partial charge in [0, 0.05) is 54.4 Å². The van der Waals surface area contributed by atoms with Crippen LogP contribution < -0.4 is 10.3 Å². The second-order valence-corrected chi connectivity index (χ2v) is 20.6. The molecule has 0 bridgehead atoms. The van der Waals surface area contributed by atoms with Crippen LogP contribution in [0, 0.1) is 0 Å². The van der Waals surface area contributed by atoms with E-state index in [1.54, 1.807) is 74.3 Å². The van der Waals surface area contributed by atoms with Crippen LogP contribution in [0.5, 0.6) is 0 Å². The number of nitrogens with one attached hydrogen (secondary N) is 2. The Hall–Kier alpha value is -7.29. The van der Waals surface area contributed by atoms with Crippen LogP contribution in [-0.2, 0) is 24.2 Å². The number of ether oxygens (including phenoxy) is 1. The SMILES string of the molecule is CCOC(=O)c1cc(-c2ccccn2)nc(-c2ccccn2)c1.F[P-](F)(F)(F)(F)F.F[P-](F)(F)(F)(F)F.F[P-](F)(F)(F)(F)F.O.O.O=C(Nc1cc(-c2ccccn2)nc(-c2ccccn2)c1)c1ccnc(-c2cccc[nH+]2)c1.[Ru+2]. The molecule has 0 fully saturated rings. The van der Waals surface area contributed by atoms with Gasteiger partial charge in [0.05, 0.1) is 57.7 Å². The summed E-state index contributed by atoms with van der Waals surface area (Å²) in [6.07, 6.45) is 10.2. The van der Waals surface area contributed by atoms with Crippen LogP contribution >= 0.6 is 23.4 Å². The van der Waals surface area contributed by atoms with Gasteiger partial charge in [0.25, 0.3) is 5.91 Å². The number of carbonyl (C=O) groups excluding carboxylic acids is 2. The van der Waals surface area contributed by atoms with Crippen molar-refractivity contribution in [3.8, 4) is 56.9 Å². The summed E-state index contributed by atoms with van der Waals surface area (Å²) in [5.74, 6) is -0.635. The molecule has 438 valence electrons. The van der Waals surface area contributed by atoms with E-state index in [0.717, 1.165) is 5.69 Å². The smallest absolute Gasteiger partial charge is 0.412 e. The van der Waals surface area contributed by atoms with Crippen LogP contribution in [0.2, 0.25) is 0 Å². The number of rotatable bonds is 9. The summed E-state index contributed by atoms with van der Waals surface area (Å²) < 4.78 is 183. The van der Waals surface area contributed by atoms with Gasteiger partial charge in [0.15, 0.2) is 6.20 Å². The fourth-order valence-corrected chi connectivity index (χ4v) is 5.52. The summed E-state index contributed by atoms with van der Waals surface area (Å²) in [7, 11) is -32.0. The van der Waals surface area contributed by atoms with E-state index in [2.05, 4.69) is 40.2 Å². The molecule has 0 saturated heterocycles. The first-order valence-corrected chi connectivity index (χ1v) is 26.8. The summed E-state index contributed by atoms with van der Waals surface area (Å²) in [5.41, 5.74) is 8.32. The molecule has 0 saturated carbocycles. The minimum Gasteiger partial charge on any atom is -0.412 e. The normalized spacial score (nSPS) is 13.4. The molecule has 8 aromatic heterocycles. The summed E-state index contributed by atoms with van der Waals surface area (Å²) >= 11 is 0. The minimum absolute atomic E-state index is 0. The Labute approximate surface area is 451 Å². The van der Waals surface area contributed by atoms with Crippen molar-refractivity contribution in [1.82, 2.24) is 34.9 Å². The summed E-state index contributed by atoms with van der Waals surface area (Å²) in [6.45, 7) is 2.09. The van der Waals surface area contributed by atoms with Gasteiger partial charge in [0.2, 0.25) is 5.69 Å². The van der Waals surface area contributed by atoms with Gasteiger partial charge in [0.1, 0.15) is 5.69 Å². The number of anilines is 1. The third kappa shape index (κ3) is 33.2. The summed E-state index contributed by atoms with van der Waals surface area (Å²) in [4.78, 5) is 59.4. The topological polar surface area (TPSA) is 223 Å². The first kappa shape index (κ1) is 70.7. The zero-order valence-corrected chi connectivity index (χ0v) is 44.1. The molecule has 0 aliphatic rings. The van der Waals surface area contributed by atoms with Crippen molar-refractivity contribution < 1.29 is 125 Å². The van der Waals surface area contributed by atoms with Gasteiger partial charge in [-0.2, -0.15) is 0 Å². The molecule has 6 N–H and O–H groups in total. The Bertz CT molecular complexity index is 3100. The molecule has 8 aromatic rings. The first-order chi connectivity index (χ1) is 34.9.